The fourth-order valence-corrected chi connectivity index (χ4v) is 2.09. The Kier molecular flexibility index (Phi) is 4.38. The number of phenolic OH excluding ortho intramolecular Hbond substituents is 1. The minimum Gasteiger partial charge on any atom is -0.508 e. The zero-order valence-corrected chi connectivity index (χ0v) is 11.4. The van der Waals surface area contributed by atoms with Crippen LogP contribution in [0.5, 0.6) is 5.75 Å². The molecule has 1 amide bonds. The molecule has 20 heavy (non-hydrogen) atoms. The van der Waals surface area contributed by atoms with Crippen molar-refractivity contribution < 1.29 is 9.90 Å². The van der Waals surface area contributed by atoms with E-state index in [1.165, 1.54) is 0 Å². The number of phenols is 1. The van der Waals surface area contributed by atoms with Crippen LogP contribution in [0.1, 0.15) is 22.8 Å². The highest BCUT2D eigenvalue weighted by atomic mass is 16.3. The van der Waals surface area contributed by atoms with Crippen molar-refractivity contribution in [3.05, 3.63) is 59.7 Å². The highest BCUT2D eigenvalue weighted by Gasteiger charge is 2.16. The average molecular weight is 270 g/mol. The van der Waals surface area contributed by atoms with Crippen molar-refractivity contribution in [3.8, 4) is 5.75 Å². The zero-order valence-electron chi connectivity index (χ0n) is 11.4. The van der Waals surface area contributed by atoms with Crippen LogP contribution in [0.3, 0.4) is 0 Å². The topological polar surface area (TPSA) is 66.6 Å². The van der Waals surface area contributed by atoms with Gasteiger partial charge in [-0.25, -0.2) is 0 Å². The van der Waals surface area contributed by atoms with Gasteiger partial charge in [0.2, 0.25) is 0 Å². The summed E-state index contributed by atoms with van der Waals surface area (Å²) in [7, 11) is 0. The molecule has 0 aromatic heterocycles. The molecule has 0 heterocycles. The Labute approximate surface area is 118 Å². The Morgan fingerprint density at radius 1 is 1.20 bits per heavy atom. The number of aromatic hydroxyl groups is 1. The van der Waals surface area contributed by atoms with Gasteiger partial charge in [0.1, 0.15) is 5.75 Å². The molecule has 4 nitrogen and oxygen atoms in total. The lowest BCUT2D eigenvalue weighted by Gasteiger charge is -2.21. The Morgan fingerprint density at radius 3 is 2.60 bits per heavy atom. The smallest absolute Gasteiger partial charge is 0.258 e. The van der Waals surface area contributed by atoms with Crippen molar-refractivity contribution in [2.24, 2.45) is 5.73 Å². The molecule has 0 saturated heterocycles. The number of hydrogen-bond acceptors (Lipinski definition) is 3. The van der Waals surface area contributed by atoms with Crippen LogP contribution in [-0.4, -0.2) is 17.6 Å². The molecule has 0 bridgehead atoms. The van der Waals surface area contributed by atoms with Gasteiger partial charge >= 0.3 is 0 Å². The van der Waals surface area contributed by atoms with Crippen LogP contribution in [-0.2, 0) is 6.54 Å². The first kappa shape index (κ1) is 14.1. The second kappa shape index (κ2) is 6.21. The van der Waals surface area contributed by atoms with Crippen LogP contribution in [0.4, 0.5) is 5.69 Å². The van der Waals surface area contributed by atoms with Gasteiger partial charge in [0, 0.05) is 30.4 Å². The largest absolute Gasteiger partial charge is 0.508 e. The molecule has 2 aromatic carbocycles. The Balaban J connectivity index is 2.33. The summed E-state index contributed by atoms with van der Waals surface area (Å²) in [5.74, 6) is 0.0397. The van der Waals surface area contributed by atoms with E-state index in [0.717, 1.165) is 5.56 Å². The lowest BCUT2D eigenvalue weighted by molar-refractivity contribution is 0.0988. The van der Waals surface area contributed by atoms with E-state index in [2.05, 4.69) is 0 Å². The molecule has 0 spiro atoms. The van der Waals surface area contributed by atoms with E-state index < -0.39 is 0 Å². The van der Waals surface area contributed by atoms with E-state index in [9.17, 15) is 9.90 Å². The average Bonchev–Trinajstić information content (AvgIpc) is 2.48. The number of nitrogens with zero attached hydrogens (tertiary/aromatic N) is 1. The molecule has 0 radical (unpaired) electrons. The molecule has 0 atom stereocenters. The van der Waals surface area contributed by atoms with Gasteiger partial charge in [-0.2, -0.15) is 0 Å². The molecular weight excluding hydrogens is 252 g/mol. The third kappa shape index (κ3) is 2.97. The van der Waals surface area contributed by atoms with Crippen molar-refractivity contribution >= 4 is 11.6 Å². The first-order chi connectivity index (χ1) is 9.65. The highest BCUT2D eigenvalue weighted by Crippen LogP contribution is 2.22. The summed E-state index contributed by atoms with van der Waals surface area (Å²) >= 11 is 0. The minimum atomic E-state index is -0.103. The fourth-order valence-electron chi connectivity index (χ4n) is 2.09. The van der Waals surface area contributed by atoms with Crippen molar-refractivity contribution in [3.63, 3.8) is 0 Å². The van der Waals surface area contributed by atoms with Gasteiger partial charge in [0.15, 0.2) is 0 Å². The first-order valence-corrected chi connectivity index (χ1v) is 6.55. The van der Waals surface area contributed by atoms with Crippen LogP contribution in [0.2, 0.25) is 0 Å². The molecule has 0 aliphatic carbocycles. The number of hydrogen-bond donors (Lipinski definition) is 2. The SMILES string of the molecule is CCN(C(=O)c1cccc(CN)c1)c1cccc(O)c1. The molecule has 0 saturated carbocycles. The van der Waals surface area contributed by atoms with Gasteiger partial charge in [-0.05, 0) is 36.8 Å². The summed E-state index contributed by atoms with van der Waals surface area (Å²) in [4.78, 5) is 14.2. The Hall–Kier alpha value is -2.33. The molecule has 4 heteroatoms. The van der Waals surface area contributed by atoms with Crippen molar-refractivity contribution in [1.82, 2.24) is 0 Å². The number of rotatable bonds is 4. The van der Waals surface area contributed by atoms with Crippen LogP contribution in [0.15, 0.2) is 48.5 Å². The third-order valence-corrected chi connectivity index (χ3v) is 3.11. The van der Waals surface area contributed by atoms with E-state index in [1.807, 2.05) is 19.1 Å². The number of benzene rings is 2. The Morgan fingerprint density at radius 2 is 1.95 bits per heavy atom. The summed E-state index contributed by atoms with van der Waals surface area (Å²) < 4.78 is 0. The number of amides is 1. The predicted molar refractivity (Wildman–Crippen MR) is 79.8 cm³/mol. The first-order valence-electron chi connectivity index (χ1n) is 6.55. The number of carbonyl (C=O) groups is 1. The molecule has 0 unspecified atom stereocenters. The Bertz CT molecular complexity index is 611. The van der Waals surface area contributed by atoms with Crippen molar-refractivity contribution in [2.75, 3.05) is 11.4 Å². The zero-order chi connectivity index (χ0) is 14.5. The van der Waals surface area contributed by atoms with Gasteiger partial charge in [-0.3, -0.25) is 4.79 Å². The van der Waals surface area contributed by atoms with Gasteiger partial charge in [-0.1, -0.05) is 18.2 Å². The highest BCUT2D eigenvalue weighted by molar-refractivity contribution is 6.06. The predicted octanol–water partition coefficient (Wildman–Crippen LogP) is 2.52. The van der Waals surface area contributed by atoms with Gasteiger partial charge in [0.05, 0.1) is 0 Å². The second-order valence-corrected chi connectivity index (χ2v) is 4.47. The van der Waals surface area contributed by atoms with Gasteiger partial charge in [0.25, 0.3) is 5.91 Å². The fraction of sp³-hybridized carbons (Fsp3) is 0.188. The van der Waals surface area contributed by atoms with Crippen LogP contribution < -0.4 is 10.6 Å². The molecule has 0 aliphatic heterocycles. The quantitative estimate of drug-likeness (QED) is 0.897. The van der Waals surface area contributed by atoms with Crippen molar-refractivity contribution in [1.29, 1.82) is 0 Å². The van der Waals surface area contributed by atoms with E-state index >= 15 is 0 Å². The maximum absolute atomic E-state index is 12.6. The maximum atomic E-state index is 12.6. The van der Waals surface area contributed by atoms with Crippen LogP contribution in [0, 0.1) is 0 Å². The summed E-state index contributed by atoms with van der Waals surface area (Å²) in [5.41, 5.74) is 7.79. The number of carbonyl (C=O) groups excluding carboxylic acids is 1. The second-order valence-electron chi connectivity index (χ2n) is 4.47. The summed E-state index contributed by atoms with van der Waals surface area (Å²) in [6, 6.07) is 14.0. The molecular formula is C16H18N2O2. The van der Waals surface area contributed by atoms with Crippen LogP contribution >= 0.6 is 0 Å². The summed E-state index contributed by atoms with van der Waals surface area (Å²) in [6.45, 7) is 2.82. The standard InChI is InChI=1S/C16H18N2O2/c1-2-18(14-7-4-8-15(19)10-14)16(20)13-6-3-5-12(9-13)11-17/h3-10,19H,2,11,17H2,1H3. The van der Waals surface area contributed by atoms with Crippen LogP contribution in [0.25, 0.3) is 0 Å². The number of nitrogens with two attached hydrogens (primary N) is 1. The van der Waals surface area contributed by atoms with E-state index in [4.69, 9.17) is 5.73 Å². The summed E-state index contributed by atoms with van der Waals surface area (Å²) in [5, 5.41) is 9.54. The monoisotopic (exact) mass is 270 g/mol. The maximum Gasteiger partial charge on any atom is 0.258 e. The molecule has 2 rings (SSSR count). The van der Waals surface area contributed by atoms with Crippen molar-refractivity contribution in [2.45, 2.75) is 13.5 Å². The van der Waals surface area contributed by atoms with Gasteiger partial charge < -0.3 is 15.7 Å². The molecule has 0 fully saturated rings. The molecule has 2 aromatic rings. The third-order valence-electron chi connectivity index (χ3n) is 3.11. The summed E-state index contributed by atoms with van der Waals surface area (Å²) in [6.07, 6.45) is 0. The van der Waals surface area contributed by atoms with Gasteiger partial charge in [-0.15, -0.1) is 0 Å². The normalized spacial score (nSPS) is 10.3. The molecule has 3 N–H and O–H groups in total. The minimum absolute atomic E-state index is 0.103. The lowest BCUT2D eigenvalue weighted by atomic mass is 10.1. The van der Waals surface area contributed by atoms with E-state index in [-0.39, 0.29) is 11.7 Å². The lowest BCUT2D eigenvalue weighted by Crippen LogP contribution is -2.30. The molecule has 104 valence electrons. The molecule has 0 aliphatic rings. The number of anilines is 1. The van der Waals surface area contributed by atoms with E-state index in [1.54, 1.807) is 41.3 Å². The van der Waals surface area contributed by atoms with E-state index in [0.29, 0.717) is 24.3 Å².